The molecule has 3 N–H and O–H groups in total. The van der Waals surface area contributed by atoms with E-state index in [0.717, 1.165) is 35.3 Å². The zero-order chi connectivity index (χ0) is 20.7. The summed E-state index contributed by atoms with van der Waals surface area (Å²) in [6.45, 7) is 0. The normalized spacial score (nSPS) is 17.5. The van der Waals surface area contributed by atoms with Crippen LogP contribution in [0.25, 0.3) is 11.0 Å². The zero-order valence-electron chi connectivity index (χ0n) is 16.6. The van der Waals surface area contributed by atoms with E-state index in [2.05, 4.69) is 15.0 Å². The molecule has 1 fully saturated rings. The number of aromatic amines is 1. The number of benzene rings is 2. The largest absolute Gasteiger partial charge is 0.342 e. The molecular weight excluding hydrogens is 400 g/mol. The van der Waals surface area contributed by atoms with Crippen LogP contribution in [-0.2, 0) is 21.2 Å². The topological polar surface area (TPSA) is 104 Å². The molecule has 30 heavy (non-hydrogen) atoms. The second kappa shape index (κ2) is 7.43. The van der Waals surface area contributed by atoms with Crippen LogP contribution in [0.5, 0.6) is 0 Å². The molecular formula is C22H24N4O3S. The first-order valence-electron chi connectivity index (χ1n) is 10.4. The van der Waals surface area contributed by atoms with Gasteiger partial charge in [0.15, 0.2) is 0 Å². The summed E-state index contributed by atoms with van der Waals surface area (Å²) in [4.78, 5) is 19.8. The Morgan fingerprint density at radius 1 is 1.00 bits per heavy atom. The number of aromatic nitrogens is 2. The lowest BCUT2D eigenvalue weighted by Crippen LogP contribution is -2.20. The minimum Gasteiger partial charge on any atom is -0.342 e. The standard InChI is InChI=1S/C22H24N4O3S/c27-21-11-6-15-12-17(8-10-18(15)23-21)30(28,29)26-16-7-9-19-20(13-16)25-22(24-19)14-4-2-1-3-5-14/h7-10,12-14,26H,1-6,11H2,(H,23,27)(H,24,25). The van der Waals surface area contributed by atoms with Gasteiger partial charge in [-0.15, -0.1) is 0 Å². The third kappa shape index (κ3) is 3.67. The van der Waals surface area contributed by atoms with Gasteiger partial charge in [0.25, 0.3) is 10.0 Å². The van der Waals surface area contributed by atoms with Crippen LogP contribution >= 0.6 is 0 Å². The Kier molecular flexibility index (Phi) is 4.73. The van der Waals surface area contributed by atoms with Crippen molar-refractivity contribution in [2.45, 2.75) is 55.8 Å². The molecule has 1 aliphatic carbocycles. The van der Waals surface area contributed by atoms with Gasteiger partial charge in [-0.1, -0.05) is 19.3 Å². The van der Waals surface area contributed by atoms with Crippen molar-refractivity contribution in [3.8, 4) is 0 Å². The Balaban J connectivity index is 1.39. The van der Waals surface area contributed by atoms with Crippen LogP contribution in [0.4, 0.5) is 11.4 Å². The number of imidazole rings is 1. The molecule has 5 rings (SSSR count). The predicted molar refractivity (Wildman–Crippen MR) is 116 cm³/mol. The summed E-state index contributed by atoms with van der Waals surface area (Å²) >= 11 is 0. The lowest BCUT2D eigenvalue weighted by atomic mass is 9.89. The second-order valence-electron chi connectivity index (χ2n) is 8.16. The van der Waals surface area contributed by atoms with Crippen molar-refractivity contribution in [2.75, 3.05) is 10.0 Å². The first-order chi connectivity index (χ1) is 14.5. The third-order valence-corrected chi connectivity index (χ3v) is 7.41. The lowest BCUT2D eigenvalue weighted by Gasteiger charge is -2.18. The molecule has 2 aliphatic rings. The zero-order valence-corrected chi connectivity index (χ0v) is 17.4. The van der Waals surface area contributed by atoms with Crippen molar-refractivity contribution in [3.63, 3.8) is 0 Å². The highest BCUT2D eigenvalue weighted by atomic mass is 32.2. The van der Waals surface area contributed by atoms with Crippen molar-refractivity contribution in [2.24, 2.45) is 0 Å². The Bertz CT molecular complexity index is 1230. The number of aryl methyl sites for hydroxylation is 1. The van der Waals surface area contributed by atoms with Crippen LogP contribution in [0.15, 0.2) is 41.3 Å². The number of H-pyrrole nitrogens is 1. The molecule has 1 aliphatic heterocycles. The number of sulfonamides is 1. The summed E-state index contributed by atoms with van der Waals surface area (Å²) in [7, 11) is -3.74. The molecule has 7 nitrogen and oxygen atoms in total. The minimum absolute atomic E-state index is 0.0447. The minimum atomic E-state index is -3.74. The molecule has 0 spiro atoms. The van der Waals surface area contributed by atoms with Crippen LogP contribution in [0.1, 0.15) is 55.8 Å². The van der Waals surface area contributed by atoms with Crippen molar-refractivity contribution >= 4 is 38.3 Å². The monoisotopic (exact) mass is 424 g/mol. The smallest absolute Gasteiger partial charge is 0.261 e. The number of amides is 1. The molecule has 1 aromatic heterocycles. The number of hydrogen-bond donors (Lipinski definition) is 3. The summed E-state index contributed by atoms with van der Waals surface area (Å²) in [5, 5.41) is 2.77. The number of fused-ring (bicyclic) bond motifs is 2. The summed E-state index contributed by atoms with van der Waals surface area (Å²) < 4.78 is 28.5. The van der Waals surface area contributed by atoms with E-state index >= 15 is 0 Å². The maximum absolute atomic E-state index is 12.9. The summed E-state index contributed by atoms with van der Waals surface area (Å²) in [5.41, 5.74) is 3.69. The van der Waals surface area contributed by atoms with Gasteiger partial charge in [0.1, 0.15) is 5.82 Å². The van der Waals surface area contributed by atoms with Crippen molar-refractivity contribution in [1.29, 1.82) is 0 Å². The van der Waals surface area contributed by atoms with Gasteiger partial charge in [0.2, 0.25) is 5.91 Å². The molecule has 2 aromatic carbocycles. The number of rotatable bonds is 4. The average molecular weight is 425 g/mol. The van der Waals surface area contributed by atoms with Gasteiger partial charge in [-0.05, 0) is 61.2 Å². The Hall–Kier alpha value is -2.87. The van der Waals surface area contributed by atoms with Crippen LogP contribution < -0.4 is 10.0 Å². The van der Waals surface area contributed by atoms with E-state index in [0.29, 0.717) is 30.1 Å². The first kappa shape index (κ1) is 19.1. The molecule has 8 heteroatoms. The van der Waals surface area contributed by atoms with Gasteiger partial charge < -0.3 is 10.3 Å². The van der Waals surface area contributed by atoms with Gasteiger partial charge in [0, 0.05) is 18.0 Å². The Morgan fingerprint density at radius 3 is 2.67 bits per heavy atom. The van der Waals surface area contributed by atoms with E-state index < -0.39 is 10.0 Å². The predicted octanol–water partition coefficient (Wildman–Crippen LogP) is 4.30. The summed E-state index contributed by atoms with van der Waals surface area (Å²) in [6.07, 6.45) is 6.96. The van der Waals surface area contributed by atoms with Crippen molar-refractivity contribution in [3.05, 3.63) is 47.8 Å². The maximum atomic E-state index is 12.9. The fraction of sp³-hybridized carbons (Fsp3) is 0.364. The Labute approximate surface area is 175 Å². The van der Waals surface area contributed by atoms with Crippen LogP contribution in [0, 0.1) is 0 Å². The number of nitrogens with one attached hydrogen (secondary N) is 3. The number of nitrogens with zero attached hydrogens (tertiary/aromatic N) is 1. The van der Waals surface area contributed by atoms with Crippen molar-refractivity contribution < 1.29 is 13.2 Å². The molecule has 1 saturated carbocycles. The summed E-state index contributed by atoms with van der Waals surface area (Å²) in [5.74, 6) is 1.42. The highest BCUT2D eigenvalue weighted by Gasteiger charge is 2.21. The van der Waals surface area contributed by atoms with E-state index in [1.54, 1.807) is 24.3 Å². The number of carbonyl (C=O) groups is 1. The number of anilines is 2. The molecule has 0 bridgehead atoms. The first-order valence-corrected chi connectivity index (χ1v) is 11.9. The Morgan fingerprint density at radius 2 is 1.83 bits per heavy atom. The highest BCUT2D eigenvalue weighted by molar-refractivity contribution is 7.92. The second-order valence-corrected chi connectivity index (χ2v) is 9.84. The molecule has 2 heterocycles. The lowest BCUT2D eigenvalue weighted by molar-refractivity contribution is -0.116. The molecule has 0 atom stereocenters. The fourth-order valence-electron chi connectivity index (χ4n) is 4.40. The van der Waals surface area contributed by atoms with Gasteiger partial charge >= 0.3 is 0 Å². The van der Waals surface area contributed by atoms with Crippen LogP contribution in [0.3, 0.4) is 0 Å². The van der Waals surface area contributed by atoms with Gasteiger partial charge in [-0.3, -0.25) is 9.52 Å². The fourth-order valence-corrected chi connectivity index (χ4v) is 5.50. The van der Waals surface area contributed by atoms with Crippen LogP contribution in [0.2, 0.25) is 0 Å². The SMILES string of the molecule is O=C1CCc2cc(S(=O)(=O)Nc3ccc4nc(C5CCCCC5)[nH]c4c3)ccc2N1. The summed E-state index contributed by atoms with van der Waals surface area (Å²) in [6, 6.07) is 10.2. The third-order valence-electron chi connectivity index (χ3n) is 6.03. The molecule has 0 unspecified atom stereocenters. The van der Waals surface area contributed by atoms with E-state index in [1.165, 1.54) is 25.3 Å². The van der Waals surface area contributed by atoms with E-state index in [1.807, 2.05) is 6.07 Å². The molecule has 1 amide bonds. The van der Waals surface area contributed by atoms with Crippen molar-refractivity contribution in [1.82, 2.24) is 9.97 Å². The molecule has 156 valence electrons. The highest BCUT2D eigenvalue weighted by Crippen LogP contribution is 2.33. The van der Waals surface area contributed by atoms with Gasteiger partial charge in [-0.2, -0.15) is 0 Å². The molecule has 0 radical (unpaired) electrons. The number of hydrogen-bond acceptors (Lipinski definition) is 4. The maximum Gasteiger partial charge on any atom is 0.261 e. The average Bonchev–Trinajstić information content (AvgIpc) is 3.17. The molecule has 3 aromatic rings. The van der Waals surface area contributed by atoms with E-state index in [9.17, 15) is 13.2 Å². The van der Waals surface area contributed by atoms with Gasteiger partial charge in [0.05, 0.1) is 21.6 Å². The quantitative estimate of drug-likeness (QED) is 0.581. The number of carbonyl (C=O) groups excluding carboxylic acids is 1. The van der Waals surface area contributed by atoms with Gasteiger partial charge in [-0.25, -0.2) is 13.4 Å². The van der Waals surface area contributed by atoms with E-state index in [-0.39, 0.29) is 10.8 Å². The van der Waals surface area contributed by atoms with Crippen LogP contribution in [-0.4, -0.2) is 24.3 Å². The van der Waals surface area contributed by atoms with E-state index in [4.69, 9.17) is 4.98 Å². The molecule has 0 saturated heterocycles.